The predicted molar refractivity (Wildman–Crippen MR) is 65.6 cm³/mol. The molecule has 3 N–H and O–H groups in total. The Bertz CT molecular complexity index is 471. The zero-order chi connectivity index (χ0) is 11.5. The molecule has 4 nitrogen and oxygen atoms in total. The summed E-state index contributed by atoms with van der Waals surface area (Å²) in [7, 11) is 0. The van der Waals surface area contributed by atoms with Crippen molar-refractivity contribution in [2.45, 2.75) is 13.8 Å². The normalized spacial score (nSPS) is 10.1. The molecule has 0 atom stereocenters. The fraction of sp³-hybridized carbons (Fsp3) is 0.167. The number of nitrogens with two attached hydrogens (primary N) is 1. The highest BCUT2D eigenvalue weighted by atomic mass is 15.1. The molecule has 1 aromatic carbocycles. The Morgan fingerprint density at radius 3 is 2.12 bits per heavy atom. The number of aryl methyl sites for hydroxylation is 2. The fourth-order valence-corrected chi connectivity index (χ4v) is 1.48. The van der Waals surface area contributed by atoms with Gasteiger partial charge in [-0.25, -0.2) is 9.97 Å². The van der Waals surface area contributed by atoms with E-state index >= 15 is 0 Å². The molecule has 1 heterocycles. The minimum atomic E-state index is 0.613. The van der Waals surface area contributed by atoms with Crippen molar-refractivity contribution in [3.8, 4) is 0 Å². The molecule has 0 amide bonds. The molecule has 4 heteroatoms. The molecule has 82 valence electrons. The highest BCUT2D eigenvalue weighted by Gasteiger charge is 1.99. The van der Waals surface area contributed by atoms with Gasteiger partial charge in [0.2, 0.25) is 5.95 Å². The van der Waals surface area contributed by atoms with E-state index in [2.05, 4.69) is 15.3 Å². The summed E-state index contributed by atoms with van der Waals surface area (Å²) in [5.74, 6) is 0.613. The van der Waals surface area contributed by atoms with E-state index in [1.54, 1.807) is 0 Å². The van der Waals surface area contributed by atoms with Crippen LogP contribution >= 0.6 is 0 Å². The Kier molecular flexibility index (Phi) is 2.72. The number of anilines is 3. The number of hydrogen-bond acceptors (Lipinski definition) is 4. The summed E-state index contributed by atoms with van der Waals surface area (Å²) < 4.78 is 0. The lowest BCUT2D eigenvalue weighted by Gasteiger charge is -2.06. The maximum atomic E-state index is 5.61. The third-order valence-electron chi connectivity index (χ3n) is 2.15. The van der Waals surface area contributed by atoms with Crippen LogP contribution in [0.3, 0.4) is 0 Å². The van der Waals surface area contributed by atoms with E-state index in [0.717, 1.165) is 22.8 Å². The first kappa shape index (κ1) is 10.4. The van der Waals surface area contributed by atoms with E-state index in [1.165, 1.54) is 0 Å². The van der Waals surface area contributed by atoms with E-state index in [-0.39, 0.29) is 0 Å². The number of nitrogen functional groups attached to an aromatic ring is 1. The van der Waals surface area contributed by atoms with Crippen molar-refractivity contribution in [1.29, 1.82) is 0 Å². The van der Waals surface area contributed by atoms with E-state index in [0.29, 0.717) is 5.95 Å². The number of nitrogens with zero attached hydrogens (tertiary/aromatic N) is 2. The van der Waals surface area contributed by atoms with Gasteiger partial charge in [0.15, 0.2) is 0 Å². The molecule has 0 fully saturated rings. The SMILES string of the molecule is Cc1cc(C)nc(Nc2ccc(N)cc2)n1. The van der Waals surface area contributed by atoms with Gasteiger partial charge < -0.3 is 11.1 Å². The quantitative estimate of drug-likeness (QED) is 0.753. The molecule has 0 radical (unpaired) electrons. The highest BCUT2D eigenvalue weighted by molar-refractivity contribution is 5.57. The van der Waals surface area contributed by atoms with Crippen LogP contribution < -0.4 is 11.1 Å². The van der Waals surface area contributed by atoms with Gasteiger partial charge in [-0.1, -0.05) is 0 Å². The van der Waals surface area contributed by atoms with Gasteiger partial charge in [-0.3, -0.25) is 0 Å². The Balaban J connectivity index is 2.23. The summed E-state index contributed by atoms with van der Waals surface area (Å²) in [6.45, 7) is 3.89. The number of hydrogen-bond donors (Lipinski definition) is 2. The van der Waals surface area contributed by atoms with Crippen molar-refractivity contribution >= 4 is 17.3 Å². The van der Waals surface area contributed by atoms with Gasteiger partial charge in [0.05, 0.1) is 0 Å². The van der Waals surface area contributed by atoms with Gasteiger partial charge in [0.25, 0.3) is 0 Å². The first-order chi connectivity index (χ1) is 7.63. The van der Waals surface area contributed by atoms with E-state index in [9.17, 15) is 0 Å². The third-order valence-corrected chi connectivity index (χ3v) is 2.15. The molecule has 2 aromatic rings. The van der Waals surface area contributed by atoms with Crippen LogP contribution in [-0.2, 0) is 0 Å². The molecule has 0 spiro atoms. The van der Waals surface area contributed by atoms with Crippen LogP contribution in [0.1, 0.15) is 11.4 Å². The topological polar surface area (TPSA) is 63.8 Å². The van der Waals surface area contributed by atoms with E-state index in [4.69, 9.17) is 5.73 Å². The van der Waals surface area contributed by atoms with E-state index < -0.39 is 0 Å². The number of nitrogens with one attached hydrogen (secondary N) is 1. The van der Waals surface area contributed by atoms with Crippen LogP contribution in [0.25, 0.3) is 0 Å². The highest BCUT2D eigenvalue weighted by Crippen LogP contribution is 2.15. The second-order valence-corrected chi connectivity index (χ2v) is 3.72. The summed E-state index contributed by atoms with van der Waals surface area (Å²) in [5, 5.41) is 3.14. The summed E-state index contributed by atoms with van der Waals surface area (Å²) in [5.41, 5.74) is 9.18. The van der Waals surface area contributed by atoms with Crippen molar-refractivity contribution < 1.29 is 0 Å². The standard InChI is InChI=1S/C12H14N4/c1-8-7-9(2)15-12(14-8)16-11-5-3-10(13)4-6-11/h3-7H,13H2,1-2H3,(H,14,15,16). The van der Waals surface area contributed by atoms with Gasteiger partial charge in [0.1, 0.15) is 0 Å². The second-order valence-electron chi connectivity index (χ2n) is 3.72. The number of benzene rings is 1. The van der Waals surface area contributed by atoms with Crippen LogP contribution in [0, 0.1) is 13.8 Å². The maximum absolute atomic E-state index is 5.61. The summed E-state index contributed by atoms with van der Waals surface area (Å²) >= 11 is 0. The first-order valence-electron chi connectivity index (χ1n) is 5.08. The van der Waals surface area contributed by atoms with Crippen LogP contribution in [0.4, 0.5) is 17.3 Å². The molecule has 0 bridgehead atoms. The van der Waals surface area contributed by atoms with Gasteiger partial charge in [-0.05, 0) is 44.2 Å². The monoisotopic (exact) mass is 214 g/mol. The maximum Gasteiger partial charge on any atom is 0.227 e. The Morgan fingerprint density at radius 2 is 1.56 bits per heavy atom. The van der Waals surface area contributed by atoms with Gasteiger partial charge in [-0.15, -0.1) is 0 Å². The van der Waals surface area contributed by atoms with Crippen LogP contribution in [-0.4, -0.2) is 9.97 Å². The lowest BCUT2D eigenvalue weighted by Crippen LogP contribution is -1.99. The summed E-state index contributed by atoms with van der Waals surface area (Å²) in [6, 6.07) is 9.41. The van der Waals surface area contributed by atoms with Crippen molar-refractivity contribution in [3.63, 3.8) is 0 Å². The Morgan fingerprint density at radius 1 is 1.00 bits per heavy atom. The molecule has 0 aliphatic heterocycles. The molecule has 0 saturated heterocycles. The van der Waals surface area contributed by atoms with E-state index in [1.807, 2.05) is 44.2 Å². The van der Waals surface area contributed by atoms with Gasteiger partial charge in [-0.2, -0.15) is 0 Å². The molecular weight excluding hydrogens is 200 g/mol. The average Bonchev–Trinajstić information content (AvgIpc) is 2.20. The molecule has 0 unspecified atom stereocenters. The van der Waals surface area contributed by atoms with Gasteiger partial charge in [0, 0.05) is 22.8 Å². The molecule has 2 rings (SSSR count). The second kappa shape index (κ2) is 4.18. The third kappa shape index (κ3) is 2.48. The molecule has 16 heavy (non-hydrogen) atoms. The zero-order valence-electron chi connectivity index (χ0n) is 9.36. The first-order valence-corrected chi connectivity index (χ1v) is 5.08. The Labute approximate surface area is 94.5 Å². The lowest BCUT2D eigenvalue weighted by atomic mass is 10.3. The molecule has 0 aliphatic carbocycles. The Hall–Kier alpha value is -2.10. The summed E-state index contributed by atoms with van der Waals surface area (Å²) in [6.07, 6.45) is 0. The molecule has 0 saturated carbocycles. The lowest BCUT2D eigenvalue weighted by molar-refractivity contribution is 1.06. The van der Waals surface area contributed by atoms with Crippen molar-refractivity contribution in [1.82, 2.24) is 9.97 Å². The molecule has 0 aliphatic rings. The fourth-order valence-electron chi connectivity index (χ4n) is 1.48. The number of rotatable bonds is 2. The van der Waals surface area contributed by atoms with Crippen LogP contribution in [0.5, 0.6) is 0 Å². The zero-order valence-corrected chi connectivity index (χ0v) is 9.36. The van der Waals surface area contributed by atoms with Crippen LogP contribution in [0.2, 0.25) is 0 Å². The van der Waals surface area contributed by atoms with Crippen molar-refractivity contribution in [3.05, 3.63) is 41.7 Å². The smallest absolute Gasteiger partial charge is 0.227 e. The predicted octanol–water partition coefficient (Wildman–Crippen LogP) is 2.42. The molecule has 1 aromatic heterocycles. The summed E-state index contributed by atoms with van der Waals surface area (Å²) in [4.78, 5) is 8.60. The number of aromatic nitrogens is 2. The molecular formula is C12H14N4. The van der Waals surface area contributed by atoms with Crippen LogP contribution in [0.15, 0.2) is 30.3 Å². The largest absolute Gasteiger partial charge is 0.399 e. The minimum absolute atomic E-state index is 0.613. The van der Waals surface area contributed by atoms with Crippen molar-refractivity contribution in [2.75, 3.05) is 11.1 Å². The van der Waals surface area contributed by atoms with Gasteiger partial charge >= 0.3 is 0 Å². The average molecular weight is 214 g/mol. The minimum Gasteiger partial charge on any atom is -0.399 e. The van der Waals surface area contributed by atoms with Crippen molar-refractivity contribution in [2.24, 2.45) is 0 Å².